The predicted molar refractivity (Wildman–Crippen MR) is 66.4 cm³/mol. The van der Waals surface area contributed by atoms with Gasteiger partial charge in [0.2, 0.25) is 0 Å². The van der Waals surface area contributed by atoms with Crippen LogP contribution in [0.4, 0.5) is 5.69 Å². The van der Waals surface area contributed by atoms with Crippen LogP contribution in [0, 0.1) is 12.3 Å². The fourth-order valence-electron chi connectivity index (χ4n) is 2.09. The molecule has 1 aromatic carbocycles. The van der Waals surface area contributed by atoms with Gasteiger partial charge in [-0.1, -0.05) is 24.3 Å². The van der Waals surface area contributed by atoms with E-state index in [1.54, 1.807) is 0 Å². The van der Waals surface area contributed by atoms with Gasteiger partial charge in [0.15, 0.2) is 0 Å². The van der Waals surface area contributed by atoms with Gasteiger partial charge in [-0.25, -0.2) is 0 Å². The molecular weight excluding hydrogens is 198 g/mol. The van der Waals surface area contributed by atoms with E-state index in [-0.39, 0.29) is 11.5 Å². The molecule has 2 heteroatoms. The Balaban J connectivity index is 2.37. The van der Waals surface area contributed by atoms with E-state index in [4.69, 9.17) is 0 Å². The fourth-order valence-corrected chi connectivity index (χ4v) is 2.09. The summed E-state index contributed by atoms with van der Waals surface area (Å²) in [6.07, 6.45) is 5.03. The van der Waals surface area contributed by atoms with Crippen LogP contribution in [0.15, 0.2) is 36.5 Å². The Labute approximate surface area is 96.6 Å². The van der Waals surface area contributed by atoms with Crippen molar-refractivity contribution in [3.8, 4) is 0 Å². The van der Waals surface area contributed by atoms with Gasteiger partial charge in [0.25, 0.3) is 0 Å². The zero-order chi connectivity index (χ0) is 11.8. The molecule has 0 aromatic heterocycles. The molecule has 1 aliphatic rings. The topological polar surface area (TPSA) is 20.3 Å². The Bertz CT molecular complexity index is 438. The number of hydrogen-bond acceptors (Lipinski definition) is 2. The van der Waals surface area contributed by atoms with E-state index in [0.29, 0.717) is 0 Å². The number of carbonyl (C=O) groups is 1. The number of hydrogen-bond donors (Lipinski definition) is 0. The molecule has 0 aliphatic carbocycles. The molecule has 0 spiro atoms. The van der Waals surface area contributed by atoms with E-state index < -0.39 is 0 Å². The van der Waals surface area contributed by atoms with Crippen LogP contribution in [0.1, 0.15) is 19.4 Å². The first kappa shape index (κ1) is 10.9. The van der Waals surface area contributed by atoms with Crippen LogP contribution in [0.3, 0.4) is 0 Å². The normalized spacial score (nSPS) is 28.4. The van der Waals surface area contributed by atoms with E-state index in [9.17, 15) is 4.79 Å². The van der Waals surface area contributed by atoms with Gasteiger partial charge in [0.1, 0.15) is 6.29 Å². The number of rotatable bonds is 2. The van der Waals surface area contributed by atoms with Gasteiger partial charge in [-0.3, -0.25) is 0 Å². The standard InChI is InChI=1S/C14H17NO/c1-11-6-4-5-7-13(11)15-9-8-14(3,10-16)12(15)2/h4-10,12H,1-3H3. The molecule has 2 atom stereocenters. The Hall–Kier alpha value is -1.57. The van der Waals surface area contributed by atoms with E-state index in [0.717, 1.165) is 6.29 Å². The molecule has 1 aliphatic heterocycles. The molecule has 2 unspecified atom stereocenters. The largest absolute Gasteiger partial charge is 0.344 e. The van der Waals surface area contributed by atoms with Crippen molar-refractivity contribution in [2.75, 3.05) is 4.90 Å². The van der Waals surface area contributed by atoms with Crippen molar-refractivity contribution in [2.24, 2.45) is 5.41 Å². The van der Waals surface area contributed by atoms with Crippen molar-refractivity contribution in [1.29, 1.82) is 0 Å². The first-order chi connectivity index (χ1) is 7.58. The highest BCUT2D eigenvalue weighted by atomic mass is 16.1. The lowest BCUT2D eigenvalue weighted by Crippen LogP contribution is -2.37. The molecule has 1 heterocycles. The monoisotopic (exact) mass is 215 g/mol. The van der Waals surface area contributed by atoms with E-state index in [2.05, 4.69) is 30.9 Å². The minimum atomic E-state index is -0.373. The summed E-state index contributed by atoms with van der Waals surface area (Å²) in [5, 5.41) is 0. The molecule has 0 radical (unpaired) electrons. The summed E-state index contributed by atoms with van der Waals surface area (Å²) in [6.45, 7) is 6.15. The Morgan fingerprint density at radius 3 is 2.62 bits per heavy atom. The first-order valence-corrected chi connectivity index (χ1v) is 5.58. The van der Waals surface area contributed by atoms with Crippen molar-refractivity contribution in [3.63, 3.8) is 0 Å². The summed E-state index contributed by atoms with van der Waals surface area (Å²) in [6, 6.07) is 8.41. The molecule has 84 valence electrons. The smallest absolute Gasteiger partial charge is 0.131 e. The zero-order valence-corrected chi connectivity index (χ0v) is 9.97. The average molecular weight is 215 g/mol. The minimum Gasteiger partial charge on any atom is -0.344 e. The molecule has 2 rings (SSSR count). The lowest BCUT2D eigenvalue weighted by atomic mass is 9.86. The second kappa shape index (κ2) is 3.78. The van der Waals surface area contributed by atoms with Crippen LogP contribution in [-0.2, 0) is 4.79 Å². The van der Waals surface area contributed by atoms with Crippen LogP contribution < -0.4 is 4.90 Å². The molecule has 0 N–H and O–H groups in total. The maximum atomic E-state index is 11.1. The van der Waals surface area contributed by atoms with Gasteiger partial charge in [0.05, 0.1) is 5.41 Å². The second-order valence-electron chi connectivity index (χ2n) is 4.67. The summed E-state index contributed by atoms with van der Waals surface area (Å²) < 4.78 is 0. The van der Waals surface area contributed by atoms with Gasteiger partial charge in [-0.05, 0) is 32.4 Å². The molecule has 0 fully saturated rings. The van der Waals surface area contributed by atoms with Crippen molar-refractivity contribution >= 4 is 12.0 Å². The highest BCUT2D eigenvalue weighted by molar-refractivity contribution is 5.70. The average Bonchev–Trinajstić information content (AvgIpc) is 2.58. The van der Waals surface area contributed by atoms with Gasteiger partial charge in [0, 0.05) is 17.9 Å². The number of carbonyl (C=O) groups excluding carboxylic acids is 1. The van der Waals surface area contributed by atoms with Crippen molar-refractivity contribution in [3.05, 3.63) is 42.1 Å². The summed E-state index contributed by atoms with van der Waals surface area (Å²) in [7, 11) is 0. The molecule has 0 saturated heterocycles. The number of benzene rings is 1. The van der Waals surface area contributed by atoms with Crippen molar-refractivity contribution in [1.82, 2.24) is 0 Å². The number of aryl methyl sites for hydroxylation is 1. The van der Waals surface area contributed by atoms with Gasteiger partial charge >= 0.3 is 0 Å². The molecule has 2 nitrogen and oxygen atoms in total. The quantitative estimate of drug-likeness (QED) is 0.707. The second-order valence-corrected chi connectivity index (χ2v) is 4.67. The molecular formula is C14H17NO. The summed E-state index contributed by atoms with van der Waals surface area (Å²) in [5.74, 6) is 0. The van der Waals surface area contributed by atoms with Crippen molar-refractivity contribution < 1.29 is 4.79 Å². The highest BCUT2D eigenvalue weighted by Crippen LogP contribution is 2.36. The summed E-state index contributed by atoms with van der Waals surface area (Å²) in [4.78, 5) is 13.3. The third-order valence-corrected chi connectivity index (χ3v) is 3.56. The molecule has 1 aromatic rings. The van der Waals surface area contributed by atoms with Gasteiger partial charge in [-0.15, -0.1) is 0 Å². The van der Waals surface area contributed by atoms with Crippen LogP contribution in [0.25, 0.3) is 0 Å². The van der Waals surface area contributed by atoms with E-state index >= 15 is 0 Å². The molecule has 0 amide bonds. The fraction of sp³-hybridized carbons (Fsp3) is 0.357. The predicted octanol–water partition coefficient (Wildman–Crippen LogP) is 2.92. The lowest BCUT2D eigenvalue weighted by molar-refractivity contribution is -0.113. The third kappa shape index (κ3) is 1.54. The van der Waals surface area contributed by atoms with Gasteiger partial charge in [-0.2, -0.15) is 0 Å². The maximum absolute atomic E-state index is 11.1. The Kier molecular flexibility index (Phi) is 2.58. The Morgan fingerprint density at radius 2 is 2.06 bits per heavy atom. The lowest BCUT2D eigenvalue weighted by Gasteiger charge is -2.30. The zero-order valence-electron chi connectivity index (χ0n) is 9.97. The molecule has 16 heavy (non-hydrogen) atoms. The maximum Gasteiger partial charge on any atom is 0.131 e. The summed E-state index contributed by atoms with van der Waals surface area (Å²) in [5.41, 5.74) is 2.04. The third-order valence-electron chi connectivity index (χ3n) is 3.56. The SMILES string of the molecule is Cc1ccccc1N1C=CC(C)(C=O)C1C. The van der Waals surface area contributed by atoms with Gasteiger partial charge < -0.3 is 9.69 Å². The van der Waals surface area contributed by atoms with Crippen LogP contribution in [-0.4, -0.2) is 12.3 Å². The van der Waals surface area contributed by atoms with Crippen LogP contribution in [0.5, 0.6) is 0 Å². The number of nitrogens with zero attached hydrogens (tertiary/aromatic N) is 1. The Morgan fingerprint density at radius 1 is 1.38 bits per heavy atom. The van der Waals surface area contributed by atoms with E-state index in [1.165, 1.54) is 11.3 Å². The molecule has 0 saturated carbocycles. The summed E-state index contributed by atoms with van der Waals surface area (Å²) >= 11 is 0. The minimum absolute atomic E-state index is 0.172. The molecule has 0 bridgehead atoms. The van der Waals surface area contributed by atoms with Crippen molar-refractivity contribution in [2.45, 2.75) is 26.8 Å². The van der Waals surface area contributed by atoms with Crippen LogP contribution in [0.2, 0.25) is 0 Å². The number of para-hydroxylation sites is 1. The van der Waals surface area contributed by atoms with E-state index in [1.807, 2.05) is 31.3 Å². The van der Waals surface area contributed by atoms with Crippen LogP contribution >= 0.6 is 0 Å². The number of aldehydes is 1. The first-order valence-electron chi connectivity index (χ1n) is 5.58. The number of anilines is 1. The highest BCUT2D eigenvalue weighted by Gasteiger charge is 2.37.